The Bertz CT molecular complexity index is 556. The number of hydrogen-bond acceptors (Lipinski definition) is 5. The molecule has 1 N–H and O–H groups in total. The maximum Gasteiger partial charge on any atom is 0.225 e. The van der Waals surface area contributed by atoms with Crippen molar-refractivity contribution >= 4 is 42.1 Å². The molecule has 156 valence electrons. The van der Waals surface area contributed by atoms with Gasteiger partial charge >= 0.3 is 0 Å². The standard InChI is InChI=1S/C19H32N4OS.2ClH/c1-3-20-12-16-4-10-23(11-5-16)19(24)17-6-8-22(9-7-17)13-18-14-25-15(2)21-18;;/h14,16-17,20H,3-13H2,1-2H3;2*1H. The van der Waals surface area contributed by atoms with Crippen molar-refractivity contribution in [2.75, 3.05) is 39.3 Å². The largest absolute Gasteiger partial charge is 0.342 e. The number of aromatic nitrogens is 1. The molecule has 8 heteroatoms. The van der Waals surface area contributed by atoms with Gasteiger partial charge in [0.15, 0.2) is 0 Å². The second-order valence-corrected chi connectivity index (χ2v) is 8.55. The highest BCUT2D eigenvalue weighted by Gasteiger charge is 2.30. The Balaban J connectivity index is 0.00000182. The van der Waals surface area contributed by atoms with E-state index < -0.39 is 0 Å². The van der Waals surface area contributed by atoms with E-state index in [1.807, 2.05) is 0 Å². The van der Waals surface area contributed by atoms with Crippen molar-refractivity contribution in [3.8, 4) is 0 Å². The number of hydrogen-bond donors (Lipinski definition) is 1. The van der Waals surface area contributed by atoms with Gasteiger partial charge in [0, 0.05) is 30.9 Å². The molecule has 0 aliphatic carbocycles. The molecule has 2 aliphatic rings. The summed E-state index contributed by atoms with van der Waals surface area (Å²) in [5.41, 5.74) is 1.18. The predicted molar refractivity (Wildman–Crippen MR) is 117 cm³/mol. The molecule has 0 unspecified atom stereocenters. The Kier molecular flexibility index (Phi) is 11.2. The van der Waals surface area contributed by atoms with E-state index in [0.717, 1.165) is 82.4 Å². The maximum absolute atomic E-state index is 12.8. The minimum atomic E-state index is 0. The van der Waals surface area contributed by atoms with Gasteiger partial charge in [0.1, 0.15) is 0 Å². The number of thiazole rings is 1. The lowest BCUT2D eigenvalue weighted by atomic mass is 9.92. The highest BCUT2D eigenvalue weighted by molar-refractivity contribution is 7.09. The molecule has 0 atom stereocenters. The Hall–Kier alpha value is -0.400. The molecular formula is C19H34Cl2N4OS. The first-order valence-electron chi connectivity index (χ1n) is 9.78. The molecule has 0 spiro atoms. The van der Waals surface area contributed by atoms with Crippen LogP contribution in [0.25, 0.3) is 0 Å². The fourth-order valence-electron chi connectivity index (χ4n) is 4.01. The van der Waals surface area contributed by atoms with E-state index in [2.05, 4.69) is 39.3 Å². The average molecular weight is 437 g/mol. The van der Waals surface area contributed by atoms with Crippen molar-refractivity contribution in [2.24, 2.45) is 11.8 Å². The number of likely N-dealkylation sites (tertiary alicyclic amines) is 2. The molecule has 5 nitrogen and oxygen atoms in total. The third-order valence-corrected chi connectivity index (χ3v) is 6.42. The molecule has 0 saturated carbocycles. The van der Waals surface area contributed by atoms with Crippen molar-refractivity contribution in [1.82, 2.24) is 20.1 Å². The highest BCUT2D eigenvalue weighted by Crippen LogP contribution is 2.24. The third kappa shape index (κ3) is 7.17. The van der Waals surface area contributed by atoms with E-state index in [-0.39, 0.29) is 30.7 Å². The fourth-order valence-corrected chi connectivity index (χ4v) is 4.62. The normalized spacial score (nSPS) is 19.4. The van der Waals surface area contributed by atoms with Crippen LogP contribution in [0.1, 0.15) is 43.3 Å². The number of carbonyl (C=O) groups excluding carboxylic acids is 1. The first-order valence-corrected chi connectivity index (χ1v) is 10.7. The van der Waals surface area contributed by atoms with Crippen LogP contribution in [0, 0.1) is 18.8 Å². The van der Waals surface area contributed by atoms with Gasteiger partial charge in [-0.25, -0.2) is 4.98 Å². The lowest BCUT2D eigenvalue weighted by molar-refractivity contribution is -0.138. The van der Waals surface area contributed by atoms with Crippen LogP contribution in [0.3, 0.4) is 0 Å². The molecule has 2 saturated heterocycles. The van der Waals surface area contributed by atoms with Crippen molar-refractivity contribution in [1.29, 1.82) is 0 Å². The van der Waals surface area contributed by atoms with Crippen molar-refractivity contribution < 1.29 is 4.79 Å². The average Bonchev–Trinajstić information content (AvgIpc) is 3.05. The van der Waals surface area contributed by atoms with Crippen LogP contribution < -0.4 is 5.32 Å². The molecule has 27 heavy (non-hydrogen) atoms. The zero-order chi connectivity index (χ0) is 17.6. The summed E-state index contributed by atoms with van der Waals surface area (Å²) in [7, 11) is 0. The third-order valence-electron chi connectivity index (χ3n) is 5.60. The van der Waals surface area contributed by atoms with Crippen molar-refractivity contribution in [2.45, 2.75) is 46.1 Å². The lowest BCUT2D eigenvalue weighted by Gasteiger charge is -2.37. The lowest BCUT2D eigenvalue weighted by Crippen LogP contribution is -2.46. The van der Waals surface area contributed by atoms with Crippen LogP contribution in [0.5, 0.6) is 0 Å². The predicted octanol–water partition coefficient (Wildman–Crippen LogP) is 3.36. The fraction of sp³-hybridized carbons (Fsp3) is 0.789. The minimum Gasteiger partial charge on any atom is -0.342 e. The molecular weight excluding hydrogens is 403 g/mol. The smallest absolute Gasteiger partial charge is 0.225 e. The summed E-state index contributed by atoms with van der Waals surface area (Å²) >= 11 is 1.72. The molecule has 2 fully saturated rings. The Morgan fingerprint density at radius 2 is 1.85 bits per heavy atom. The summed E-state index contributed by atoms with van der Waals surface area (Å²) in [6.45, 7) is 11.2. The van der Waals surface area contributed by atoms with Crippen LogP contribution in [0.15, 0.2) is 5.38 Å². The number of amides is 1. The Labute approximate surface area is 180 Å². The topological polar surface area (TPSA) is 48.5 Å². The van der Waals surface area contributed by atoms with Crippen LogP contribution in [-0.2, 0) is 11.3 Å². The SMILES string of the molecule is CCNCC1CCN(C(=O)C2CCN(Cc3csc(C)n3)CC2)CC1.Cl.Cl. The maximum atomic E-state index is 12.8. The quantitative estimate of drug-likeness (QED) is 0.742. The van der Waals surface area contributed by atoms with Crippen LogP contribution in [0.4, 0.5) is 0 Å². The number of nitrogens with one attached hydrogen (secondary N) is 1. The van der Waals surface area contributed by atoms with E-state index in [9.17, 15) is 4.79 Å². The number of carbonyl (C=O) groups is 1. The Morgan fingerprint density at radius 1 is 1.19 bits per heavy atom. The van der Waals surface area contributed by atoms with Crippen molar-refractivity contribution in [3.63, 3.8) is 0 Å². The molecule has 3 rings (SSSR count). The molecule has 0 aromatic carbocycles. The molecule has 0 bridgehead atoms. The summed E-state index contributed by atoms with van der Waals surface area (Å²) in [5, 5.41) is 6.73. The number of piperidine rings is 2. The number of aryl methyl sites for hydroxylation is 1. The second-order valence-electron chi connectivity index (χ2n) is 7.48. The molecule has 1 aromatic rings. The van der Waals surface area contributed by atoms with Gasteiger partial charge in [-0.3, -0.25) is 9.69 Å². The first kappa shape index (κ1) is 24.6. The van der Waals surface area contributed by atoms with Gasteiger partial charge < -0.3 is 10.2 Å². The summed E-state index contributed by atoms with van der Waals surface area (Å²) in [6.07, 6.45) is 4.31. The molecule has 3 heterocycles. The summed E-state index contributed by atoms with van der Waals surface area (Å²) < 4.78 is 0. The molecule has 0 radical (unpaired) electrons. The summed E-state index contributed by atoms with van der Waals surface area (Å²) in [4.78, 5) is 22.0. The van der Waals surface area contributed by atoms with Gasteiger partial charge in [-0.15, -0.1) is 36.2 Å². The summed E-state index contributed by atoms with van der Waals surface area (Å²) in [6, 6.07) is 0. The second kappa shape index (κ2) is 12.2. The number of nitrogens with zero attached hydrogens (tertiary/aromatic N) is 3. The van der Waals surface area contributed by atoms with Gasteiger partial charge in [0.25, 0.3) is 0 Å². The first-order chi connectivity index (χ1) is 12.2. The zero-order valence-electron chi connectivity index (χ0n) is 16.5. The van der Waals surface area contributed by atoms with E-state index in [1.165, 1.54) is 5.69 Å². The van der Waals surface area contributed by atoms with Gasteiger partial charge in [-0.1, -0.05) is 6.92 Å². The highest BCUT2D eigenvalue weighted by atomic mass is 35.5. The van der Waals surface area contributed by atoms with E-state index in [1.54, 1.807) is 11.3 Å². The zero-order valence-corrected chi connectivity index (χ0v) is 18.9. The van der Waals surface area contributed by atoms with E-state index in [4.69, 9.17) is 0 Å². The van der Waals surface area contributed by atoms with Gasteiger partial charge in [-0.05, 0) is 64.7 Å². The van der Waals surface area contributed by atoms with Crippen molar-refractivity contribution in [3.05, 3.63) is 16.1 Å². The molecule has 1 aromatic heterocycles. The van der Waals surface area contributed by atoms with Gasteiger partial charge in [-0.2, -0.15) is 0 Å². The summed E-state index contributed by atoms with van der Waals surface area (Å²) in [5.74, 6) is 1.39. The van der Waals surface area contributed by atoms with Crippen LogP contribution in [0.2, 0.25) is 0 Å². The molecule has 2 aliphatic heterocycles. The van der Waals surface area contributed by atoms with Crippen LogP contribution in [-0.4, -0.2) is 60.0 Å². The van der Waals surface area contributed by atoms with E-state index in [0.29, 0.717) is 5.91 Å². The Morgan fingerprint density at radius 3 is 2.41 bits per heavy atom. The van der Waals surface area contributed by atoms with Gasteiger partial charge in [0.05, 0.1) is 10.7 Å². The minimum absolute atomic E-state index is 0. The monoisotopic (exact) mass is 436 g/mol. The van der Waals surface area contributed by atoms with E-state index >= 15 is 0 Å². The van der Waals surface area contributed by atoms with Gasteiger partial charge in [0.2, 0.25) is 5.91 Å². The number of halogens is 2. The number of rotatable bonds is 6. The molecule has 1 amide bonds. The van der Waals surface area contributed by atoms with Crippen LogP contribution >= 0.6 is 36.2 Å².